The number of carbonyl (C=O) groups excluding carboxylic acids is 1. The Morgan fingerprint density at radius 2 is 1.77 bits per heavy atom. The third kappa shape index (κ3) is 5.79. The molecule has 4 heterocycles. The van der Waals surface area contributed by atoms with Gasteiger partial charge in [0, 0.05) is 24.7 Å². The minimum Gasteiger partial charge on any atom is -0.457 e. The van der Waals surface area contributed by atoms with Crippen LogP contribution in [-0.2, 0) is 9.53 Å². The van der Waals surface area contributed by atoms with Gasteiger partial charge in [0.05, 0.1) is 24.9 Å². The first-order valence-corrected chi connectivity index (χ1v) is 14.6. The van der Waals surface area contributed by atoms with Crippen LogP contribution in [-0.4, -0.2) is 67.8 Å². The number of hydrogen-bond acceptors (Lipinski definition) is 9. The monoisotopic (exact) mass is 594 g/mol. The maximum atomic E-state index is 14.0. The molecule has 0 bridgehead atoms. The fraction of sp³-hybridized carbons (Fsp3) is 0.344. The van der Waals surface area contributed by atoms with Crippen molar-refractivity contribution < 1.29 is 14.3 Å². The van der Waals surface area contributed by atoms with Crippen molar-refractivity contribution in [3.05, 3.63) is 83.1 Å². The summed E-state index contributed by atoms with van der Waals surface area (Å²) in [6.07, 6.45) is 4.06. The highest BCUT2D eigenvalue weighted by molar-refractivity contribution is 5.97. The summed E-state index contributed by atoms with van der Waals surface area (Å²) in [4.78, 5) is 37.6. The summed E-state index contributed by atoms with van der Waals surface area (Å²) >= 11 is 0. The third-order valence-corrected chi connectivity index (χ3v) is 7.94. The van der Waals surface area contributed by atoms with E-state index in [2.05, 4.69) is 21.4 Å². The van der Waals surface area contributed by atoms with Gasteiger partial charge in [0.1, 0.15) is 35.0 Å². The number of hydrogen-bond donors (Lipinski definition) is 2. The summed E-state index contributed by atoms with van der Waals surface area (Å²) in [5.41, 5.74) is 7.00. The summed E-state index contributed by atoms with van der Waals surface area (Å²) in [7, 11) is 0. The number of aromatic nitrogens is 4. The quantitative estimate of drug-likeness (QED) is 0.231. The Hall–Kier alpha value is -4.99. The van der Waals surface area contributed by atoms with Crippen LogP contribution in [0.1, 0.15) is 32.7 Å². The summed E-state index contributed by atoms with van der Waals surface area (Å²) in [5, 5.41) is 13.2. The molecule has 2 saturated heterocycles. The van der Waals surface area contributed by atoms with E-state index in [-0.39, 0.29) is 35.1 Å². The number of rotatable bonds is 8. The van der Waals surface area contributed by atoms with Gasteiger partial charge in [-0.3, -0.25) is 13.9 Å². The third-order valence-electron chi connectivity index (χ3n) is 7.94. The second kappa shape index (κ2) is 11.9. The molecule has 3 N–H and O–H groups in total. The molecule has 2 aliphatic rings. The normalized spacial score (nSPS) is 16.5. The number of nitrogens with zero attached hydrogens (tertiary/aromatic N) is 6. The van der Waals surface area contributed by atoms with Crippen molar-refractivity contribution in [3.63, 3.8) is 0 Å². The molecule has 12 nitrogen and oxygen atoms in total. The van der Waals surface area contributed by atoms with Gasteiger partial charge in [-0.25, -0.2) is 14.8 Å². The lowest BCUT2D eigenvalue weighted by molar-refractivity contribution is -0.128. The summed E-state index contributed by atoms with van der Waals surface area (Å²) in [5.74, 6) is 1.21. The van der Waals surface area contributed by atoms with Crippen LogP contribution in [0.5, 0.6) is 11.5 Å². The van der Waals surface area contributed by atoms with Crippen molar-refractivity contribution in [2.45, 2.75) is 44.3 Å². The van der Waals surface area contributed by atoms with Gasteiger partial charge in [-0.1, -0.05) is 18.2 Å². The second-order valence-corrected chi connectivity index (χ2v) is 11.6. The Morgan fingerprint density at radius 1 is 1.09 bits per heavy atom. The van der Waals surface area contributed by atoms with Gasteiger partial charge in [0.25, 0.3) is 5.91 Å². The maximum absolute atomic E-state index is 14.0. The molecule has 0 spiro atoms. The lowest BCUT2D eigenvalue weighted by Crippen LogP contribution is -2.54. The molecule has 0 atom stereocenters. The van der Waals surface area contributed by atoms with E-state index in [9.17, 15) is 14.9 Å². The van der Waals surface area contributed by atoms with Crippen molar-refractivity contribution in [1.82, 2.24) is 29.3 Å². The van der Waals surface area contributed by atoms with Crippen LogP contribution in [0.2, 0.25) is 0 Å². The smallest absolute Gasteiger partial charge is 0.335 e. The SMILES string of the molecule is CC(C)(/C=C(/C#N)C(=O)N1CCC(n2c(=O)n(-c3ccc(Oc4ccccc4)cc3)c3c(N)ncnc32)CC1)NC1COC1. The van der Waals surface area contributed by atoms with E-state index in [1.807, 2.05) is 44.2 Å². The van der Waals surface area contributed by atoms with Gasteiger partial charge >= 0.3 is 5.69 Å². The predicted molar refractivity (Wildman–Crippen MR) is 164 cm³/mol. The number of imidazole rings is 1. The topological polar surface area (TPSA) is 153 Å². The molecule has 0 radical (unpaired) electrons. The molecule has 6 rings (SSSR count). The standard InChI is InChI=1S/C32H34N8O4/c1-32(2,37-22-18-43-19-22)16-21(17-33)30(41)38-14-12-24(13-15-38)40-29-27(28(34)35-20-36-29)39(31(40)42)23-8-10-26(11-9-23)44-25-6-4-3-5-7-25/h3-11,16,20,22,24,37H,12-15,18-19H2,1-2H3,(H2,34,35,36)/b21-16-. The summed E-state index contributed by atoms with van der Waals surface area (Å²) < 4.78 is 14.3. The first-order chi connectivity index (χ1) is 21.2. The molecule has 1 amide bonds. The Balaban J connectivity index is 1.22. The number of likely N-dealkylation sites (tertiary alicyclic amines) is 1. The van der Waals surface area contributed by atoms with Crippen LogP contribution in [0.4, 0.5) is 5.82 Å². The Labute approximate surface area is 254 Å². The van der Waals surface area contributed by atoms with Gasteiger partial charge in [-0.15, -0.1) is 0 Å². The van der Waals surface area contributed by atoms with Crippen LogP contribution < -0.4 is 21.5 Å². The zero-order chi connectivity index (χ0) is 30.8. The van der Waals surface area contributed by atoms with Gasteiger partial charge < -0.3 is 25.4 Å². The summed E-state index contributed by atoms with van der Waals surface area (Å²) in [6.45, 7) is 5.86. The summed E-state index contributed by atoms with van der Waals surface area (Å²) in [6, 6.07) is 18.7. The second-order valence-electron chi connectivity index (χ2n) is 11.6. The lowest BCUT2D eigenvalue weighted by Gasteiger charge is -2.35. The average molecular weight is 595 g/mol. The molecule has 0 aliphatic carbocycles. The van der Waals surface area contributed by atoms with E-state index in [1.54, 1.807) is 39.8 Å². The fourth-order valence-electron chi connectivity index (χ4n) is 5.81. The van der Waals surface area contributed by atoms with E-state index in [4.69, 9.17) is 15.2 Å². The molecule has 2 fully saturated rings. The van der Waals surface area contributed by atoms with Crippen LogP contribution in [0, 0.1) is 11.3 Å². The van der Waals surface area contributed by atoms with Crippen molar-refractivity contribution in [1.29, 1.82) is 5.26 Å². The van der Waals surface area contributed by atoms with Gasteiger partial charge in [-0.05, 0) is 69.2 Å². The van der Waals surface area contributed by atoms with Crippen molar-refractivity contribution in [2.24, 2.45) is 0 Å². The van der Waals surface area contributed by atoms with Gasteiger partial charge in [-0.2, -0.15) is 5.26 Å². The van der Waals surface area contributed by atoms with Crippen LogP contribution in [0.3, 0.4) is 0 Å². The van der Waals surface area contributed by atoms with E-state index in [0.717, 1.165) is 0 Å². The molecule has 44 heavy (non-hydrogen) atoms. The number of carbonyl (C=O) groups is 1. The number of ether oxygens (including phenoxy) is 2. The number of fused-ring (bicyclic) bond motifs is 1. The Bertz CT molecular complexity index is 1790. The maximum Gasteiger partial charge on any atom is 0.335 e. The van der Waals surface area contributed by atoms with Crippen LogP contribution >= 0.6 is 0 Å². The van der Waals surface area contributed by atoms with Gasteiger partial charge in [0.15, 0.2) is 11.5 Å². The molecule has 0 unspecified atom stereocenters. The van der Waals surface area contributed by atoms with E-state index >= 15 is 0 Å². The molecule has 2 aromatic carbocycles. The largest absolute Gasteiger partial charge is 0.457 e. The average Bonchev–Trinajstić information content (AvgIpc) is 3.31. The first-order valence-electron chi connectivity index (χ1n) is 14.6. The number of amides is 1. The minimum absolute atomic E-state index is 0.0927. The molecule has 226 valence electrons. The molecule has 2 aromatic heterocycles. The molecule has 0 saturated carbocycles. The number of nitrogen functional groups attached to an aromatic ring is 1. The zero-order valence-electron chi connectivity index (χ0n) is 24.6. The van der Waals surface area contributed by atoms with Gasteiger partial charge in [0.2, 0.25) is 0 Å². The van der Waals surface area contributed by atoms with Crippen molar-refractivity contribution in [3.8, 4) is 23.3 Å². The van der Waals surface area contributed by atoms with E-state index in [1.165, 1.54) is 10.9 Å². The predicted octanol–water partition coefficient (Wildman–Crippen LogP) is 3.34. The van der Waals surface area contributed by atoms with E-state index in [0.29, 0.717) is 67.5 Å². The minimum atomic E-state index is -0.547. The fourth-order valence-corrected chi connectivity index (χ4v) is 5.81. The van der Waals surface area contributed by atoms with Crippen molar-refractivity contribution >= 4 is 22.9 Å². The zero-order valence-corrected chi connectivity index (χ0v) is 24.6. The first kappa shape index (κ1) is 29.1. The highest BCUT2D eigenvalue weighted by Crippen LogP contribution is 2.29. The van der Waals surface area contributed by atoms with Crippen molar-refractivity contribution in [2.75, 3.05) is 32.0 Å². The molecular formula is C32H34N8O4. The molecule has 4 aromatic rings. The number of nitrogens with two attached hydrogens (primary N) is 1. The number of para-hydroxylation sites is 1. The molecule has 2 aliphatic heterocycles. The Morgan fingerprint density at radius 3 is 2.41 bits per heavy atom. The number of benzene rings is 2. The molecule has 12 heteroatoms. The number of piperidine rings is 1. The van der Waals surface area contributed by atoms with E-state index < -0.39 is 5.54 Å². The number of anilines is 1. The number of nitriles is 1. The lowest BCUT2D eigenvalue weighted by atomic mass is 9.98. The highest BCUT2D eigenvalue weighted by atomic mass is 16.5. The Kier molecular flexibility index (Phi) is 7.90. The highest BCUT2D eigenvalue weighted by Gasteiger charge is 2.32. The number of nitrogens with one attached hydrogen (secondary N) is 1. The van der Waals surface area contributed by atoms with Crippen LogP contribution in [0.15, 0.2) is 77.4 Å². The van der Waals surface area contributed by atoms with Crippen LogP contribution in [0.25, 0.3) is 16.9 Å². The molecular weight excluding hydrogens is 560 g/mol.